The van der Waals surface area contributed by atoms with Gasteiger partial charge in [-0.25, -0.2) is 13.2 Å². The van der Waals surface area contributed by atoms with Crippen LogP contribution in [0.15, 0.2) is 32.3 Å². The van der Waals surface area contributed by atoms with Crippen molar-refractivity contribution in [3.8, 4) is 0 Å². The van der Waals surface area contributed by atoms with Crippen molar-refractivity contribution >= 4 is 27.0 Å². The molecule has 2 saturated heterocycles. The number of oxazole rings is 1. The number of amides is 1. The molecule has 164 valence electrons. The molecule has 10 heteroatoms. The summed E-state index contributed by atoms with van der Waals surface area (Å²) in [6, 6.07) is 4.43. The zero-order chi connectivity index (χ0) is 21.3. The molecule has 0 unspecified atom stereocenters. The fraction of sp³-hybridized carbons (Fsp3) is 0.600. The molecule has 30 heavy (non-hydrogen) atoms. The number of likely N-dealkylation sites (N-methyl/N-ethyl adjacent to an activating group) is 1. The maximum atomic E-state index is 12.9. The van der Waals surface area contributed by atoms with Gasteiger partial charge in [-0.1, -0.05) is 13.3 Å². The first-order valence-electron chi connectivity index (χ1n) is 10.5. The van der Waals surface area contributed by atoms with Gasteiger partial charge in [0.25, 0.3) is 0 Å². The Morgan fingerprint density at radius 1 is 1.03 bits per heavy atom. The summed E-state index contributed by atoms with van der Waals surface area (Å²) in [4.78, 5) is 29.2. The fourth-order valence-corrected chi connectivity index (χ4v) is 5.69. The molecule has 0 spiro atoms. The highest BCUT2D eigenvalue weighted by Gasteiger charge is 2.27. The van der Waals surface area contributed by atoms with Crippen LogP contribution in [0, 0.1) is 0 Å². The third-order valence-corrected chi connectivity index (χ3v) is 7.95. The average molecular weight is 437 g/mol. The SMILES string of the molecule is CCN1CCN(C(=O)Cn2c(=O)oc3cc(S(=O)(=O)N4CCCCC4)ccc32)CC1. The van der Waals surface area contributed by atoms with E-state index in [1.165, 1.54) is 21.0 Å². The van der Waals surface area contributed by atoms with E-state index in [-0.39, 0.29) is 22.9 Å². The van der Waals surface area contributed by atoms with Crippen LogP contribution in [0.3, 0.4) is 0 Å². The molecule has 2 aliphatic rings. The van der Waals surface area contributed by atoms with Gasteiger partial charge in [0.1, 0.15) is 6.54 Å². The summed E-state index contributed by atoms with van der Waals surface area (Å²) in [6.07, 6.45) is 2.73. The molecule has 4 rings (SSSR count). The van der Waals surface area contributed by atoms with Gasteiger partial charge in [0.2, 0.25) is 15.9 Å². The lowest BCUT2D eigenvalue weighted by Crippen LogP contribution is -2.49. The van der Waals surface area contributed by atoms with Gasteiger partial charge < -0.3 is 14.2 Å². The third-order valence-electron chi connectivity index (χ3n) is 6.06. The van der Waals surface area contributed by atoms with E-state index in [9.17, 15) is 18.0 Å². The van der Waals surface area contributed by atoms with E-state index in [4.69, 9.17) is 4.42 Å². The summed E-state index contributed by atoms with van der Waals surface area (Å²) in [5.74, 6) is -0.793. The van der Waals surface area contributed by atoms with Gasteiger partial charge in [-0.15, -0.1) is 0 Å². The van der Waals surface area contributed by atoms with Crippen molar-refractivity contribution in [2.45, 2.75) is 37.6 Å². The van der Waals surface area contributed by atoms with Crippen LogP contribution in [0.4, 0.5) is 0 Å². The number of rotatable bonds is 5. The number of hydrogen-bond donors (Lipinski definition) is 0. The topological polar surface area (TPSA) is 96.1 Å². The second-order valence-corrected chi connectivity index (χ2v) is 9.80. The van der Waals surface area contributed by atoms with Gasteiger partial charge >= 0.3 is 5.76 Å². The van der Waals surface area contributed by atoms with Crippen LogP contribution in [0.2, 0.25) is 0 Å². The van der Waals surface area contributed by atoms with Crippen LogP contribution in [0.25, 0.3) is 11.1 Å². The lowest BCUT2D eigenvalue weighted by molar-refractivity contribution is -0.133. The van der Waals surface area contributed by atoms with Crippen LogP contribution in [0.5, 0.6) is 0 Å². The number of fused-ring (bicyclic) bond motifs is 1. The smallest absolute Gasteiger partial charge is 0.408 e. The summed E-state index contributed by atoms with van der Waals surface area (Å²) < 4.78 is 33.8. The molecule has 9 nitrogen and oxygen atoms in total. The first-order chi connectivity index (χ1) is 14.4. The van der Waals surface area contributed by atoms with Crippen molar-refractivity contribution in [2.75, 3.05) is 45.8 Å². The summed E-state index contributed by atoms with van der Waals surface area (Å²) in [5.41, 5.74) is 0.611. The number of piperidine rings is 1. The zero-order valence-corrected chi connectivity index (χ0v) is 18.1. The van der Waals surface area contributed by atoms with E-state index in [1.54, 1.807) is 11.0 Å². The fourth-order valence-electron chi connectivity index (χ4n) is 4.16. The molecule has 0 N–H and O–H groups in total. The van der Waals surface area contributed by atoms with E-state index in [0.29, 0.717) is 31.7 Å². The van der Waals surface area contributed by atoms with Gasteiger partial charge in [0.15, 0.2) is 5.58 Å². The predicted molar refractivity (Wildman–Crippen MR) is 112 cm³/mol. The molecular formula is C20H28N4O5S. The van der Waals surface area contributed by atoms with Crippen LogP contribution < -0.4 is 5.76 Å². The van der Waals surface area contributed by atoms with Crippen LogP contribution >= 0.6 is 0 Å². The third kappa shape index (κ3) is 4.03. The van der Waals surface area contributed by atoms with E-state index < -0.39 is 15.8 Å². The van der Waals surface area contributed by atoms with Gasteiger partial charge in [0.05, 0.1) is 10.4 Å². The van der Waals surface area contributed by atoms with Gasteiger partial charge in [-0.3, -0.25) is 9.36 Å². The standard InChI is InChI=1S/C20H28N4O5S/c1-2-21-10-12-22(13-11-21)19(25)15-24-17-7-6-16(14-18(17)29-20(24)26)30(27,28)23-8-4-3-5-9-23/h6-7,14H,2-5,8-13,15H2,1H3. The molecule has 1 aromatic carbocycles. The molecule has 0 aliphatic carbocycles. The van der Waals surface area contributed by atoms with Gasteiger partial charge in [-0.2, -0.15) is 4.31 Å². The average Bonchev–Trinajstić information content (AvgIpc) is 3.08. The lowest BCUT2D eigenvalue weighted by Gasteiger charge is -2.34. The Bertz CT molecular complexity index is 1080. The highest BCUT2D eigenvalue weighted by molar-refractivity contribution is 7.89. The Labute approximate surface area is 175 Å². The van der Waals surface area contributed by atoms with Gasteiger partial charge in [0, 0.05) is 45.3 Å². The predicted octanol–water partition coefficient (Wildman–Crippen LogP) is 0.933. The molecule has 2 fully saturated rings. The van der Waals surface area contributed by atoms with Crippen molar-refractivity contribution < 1.29 is 17.6 Å². The van der Waals surface area contributed by atoms with Crippen molar-refractivity contribution in [2.24, 2.45) is 0 Å². The van der Waals surface area contributed by atoms with Gasteiger partial charge in [-0.05, 0) is 31.5 Å². The molecular weight excluding hydrogens is 408 g/mol. The zero-order valence-electron chi connectivity index (χ0n) is 17.2. The maximum absolute atomic E-state index is 12.9. The number of nitrogens with zero attached hydrogens (tertiary/aromatic N) is 4. The van der Waals surface area contributed by atoms with Crippen LogP contribution in [0.1, 0.15) is 26.2 Å². The minimum atomic E-state index is -3.62. The number of carbonyl (C=O) groups is 1. The Morgan fingerprint density at radius 2 is 1.73 bits per heavy atom. The molecule has 0 saturated carbocycles. The Hall–Kier alpha value is -2.17. The Morgan fingerprint density at radius 3 is 2.40 bits per heavy atom. The van der Waals surface area contributed by atoms with E-state index in [2.05, 4.69) is 11.8 Å². The summed E-state index contributed by atoms with van der Waals surface area (Å²) in [5, 5.41) is 0. The number of aromatic nitrogens is 1. The molecule has 2 aromatic rings. The Kier molecular flexibility index (Phi) is 5.99. The van der Waals surface area contributed by atoms with Crippen molar-refractivity contribution in [1.29, 1.82) is 0 Å². The largest absolute Gasteiger partial charge is 0.420 e. The highest BCUT2D eigenvalue weighted by atomic mass is 32.2. The number of hydrogen-bond acceptors (Lipinski definition) is 6. The molecule has 2 aliphatic heterocycles. The van der Waals surface area contributed by atoms with Crippen molar-refractivity contribution in [1.82, 2.24) is 18.7 Å². The second kappa shape index (κ2) is 8.52. The first kappa shape index (κ1) is 21.1. The monoisotopic (exact) mass is 436 g/mol. The van der Waals surface area contributed by atoms with Crippen LogP contribution in [-0.2, 0) is 21.4 Å². The van der Waals surface area contributed by atoms with Crippen molar-refractivity contribution in [3.63, 3.8) is 0 Å². The summed E-state index contributed by atoms with van der Waals surface area (Å²) >= 11 is 0. The quantitative estimate of drug-likeness (QED) is 0.692. The summed E-state index contributed by atoms with van der Waals surface area (Å²) in [6.45, 7) is 6.85. The highest BCUT2D eigenvalue weighted by Crippen LogP contribution is 2.24. The second-order valence-electron chi connectivity index (χ2n) is 7.86. The first-order valence-corrected chi connectivity index (χ1v) is 12.0. The van der Waals surface area contributed by atoms with Crippen LogP contribution in [-0.4, -0.2) is 78.8 Å². The molecule has 3 heterocycles. The minimum absolute atomic E-state index is 0.111. The van der Waals surface area contributed by atoms with Crippen molar-refractivity contribution in [3.05, 3.63) is 28.7 Å². The normalized spacial score (nSPS) is 19.4. The molecule has 1 amide bonds. The summed E-state index contributed by atoms with van der Waals surface area (Å²) in [7, 11) is -3.62. The van der Waals surface area contributed by atoms with E-state index in [0.717, 1.165) is 38.9 Å². The molecule has 1 aromatic heterocycles. The number of sulfonamides is 1. The minimum Gasteiger partial charge on any atom is -0.408 e. The Balaban J connectivity index is 1.55. The number of piperazine rings is 1. The molecule has 0 atom stereocenters. The number of benzene rings is 1. The maximum Gasteiger partial charge on any atom is 0.420 e. The molecule has 0 bridgehead atoms. The lowest BCUT2D eigenvalue weighted by atomic mass is 10.2. The van der Waals surface area contributed by atoms with E-state index in [1.807, 2.05) is 0 Å². The number of carbonyl (C=O) groups excluding carboxylic acids is 1. The molecule has 0 radical (unpaired) electrons. The van der Waals surface area contributed by atoms with E-state index >= 15 is 0 Å².